The zero-order valence-electron chi connectivity index (χ0n) is 11.7. The van der Waals surface area contributed by atoms with Gasteiger partial charge in [0.1, 0.15) is 6.61 Å². The Morgan fingerprint density at radius 3 is 2.32 bits per heavy atom. The summed E-state index contributed by atoms with van der Waals surface area (Å²) in [4.78, 5) is 30.0. The summed E-state index contributed by atoms with van der Waals surface area (Å²) >= 11 is 0. The Hall–Kier alpha value is -1.30. The van der Waals surface area contributed by atoms with E-state index < -0.39 is 12.1 Å². The van der Waals surface area contributed by atoms with Crippen LogP contribution in [0.4, 0.5) is 4.79 Å². The molecule has 0 saturated heterocycles. The van der Waals surface area contributed by atoms with Gasteiger partial charge >= 0.3 is 12.1 Å². The third kappa shape index (κ3) is 14.6. The van der Waals surface area contributed by atoms with Crippen molar-refractivity contribution in [1.82, 2.24) is 5.32 Å². The Bertz CT molecular complexity index is 245. The lowest BCUT2D eigenvalue weighted by Crippen LogP contribution is -2.25. The molecular weight excluding hydrogens is 250 g/mol. The lowest BCUT2D eigenvalue weighted by Gasteiger charge is -2.05. The Kier molecular flexibility index (Phi) is 12.2. The first kappa shape index (κ1) is 17.7. The van der Waals surface area contributed by atoms with Crippen LogP contribution in [-0.4, -0.2) is 30.3 Å². The summed E-state index contributed by atoms with van der Waals surface area (Å²) in [6.45, 7) is 2.60. The average molecular weight is 275 g/mol. The lowest BCUT2D eigenvalue weighted by atomic mass is 10.1. The van der Waals surface area contributed by atoms with Crippen molar-refractivity contribution < 1.29 is 24.5 Å². The number of amides is 1. The predicted molar refractivity (Wildman–Crippen MR) is 70.7 cm³/mol. The van der Waals surface area contributed by atoms with Crippen molar-refractivity contribution in [2.24, 2.45) is 0 Å². The number of aliphatic carboxylic acids is 1. The Labute approximate surface area is 114 Å². The van der Waals surface area contributed by atoms with Gasteiger partial charge in [-0.25, -0.2) is 4.79 Å². The minimum atomic E-state index is -0.993. The number of rotatable bonds is 12. The van der Waals surface area contributed by atoms with Crippen LogP contribution in [0.1, 0.15) is 58.3 Å². The number of nitrogens with one attached hydrogen (secondary N) is 1. The number of unbranched alkanes of at least 4 members (excludes halogenated alkanes) is 6. The lowest BCUT2D eigenvalue weighted by molar-refractivity contribution is -0.239. The highest BCUT2D eigenvalue weighted by Gasteiger charge is 2.03. The van der Waals surface area contributed by atoms with Gasteiger partial charge in [0.15, 0.2) is 0 Å². The predicted octanol–water partition coefficient (Wildman–Crippen LogP) is 2.87. The molecule has 112 valence electrons. The molecule has 0 atom stereocenters. The maximum Gasteiger partial charge on any atom is 0.438 e. The van der Waals surface area contributed by atoms with Crippen LogP contribution in [0.25, 0.3) is 0 Å². The summed E-state index contributed by atoms with van der Waals surface area (Å²) in [6.07, 6.45) is 7.39. The van der Waals surface area contributed by atoms with Crippen LogP contribution >= 0.6 is 0 Å². The average Bonchev–Trinajstić information content (AvgIpc) is 2.37. The zero-order valence-corrected chi connectivity index (χ0v) is 11.7. The van der Waals surface area contributed by atoms with E-state index in [0.29, 0.717) is 6.54 Å². The second-order valence-electron chi connectivity index (χ2n) is 4.38. The number of carbonyl (C=O) groups excluding carboxylic acids is 1. The molecule has 1 amide bonds. The van der Waals surface area contributed by atoms with Crippen molar-refractivity contribution in [3.05, 3.63) is 0 Å². The molecule has 6 heteroatoms. The van der Waals surface area contributed by atoms with Crippen molar-refractivity contribution in [1.29, 1.82) is 0 Å². The number of hydrogen-bond acceptors (Lipinski definition) is 4. The Morgan fingerprint density at radius 1 is 1.05 bits per heavy atom. The summed E-state index contributed by atoms with van der Waals surface area (Å²) in [5, 5.41) is 10.9. The highest BCUT2D eigenvalue weighted by molar-refractivity contribution is 5.67. The first-order valence-corrected chi connectivity index (χ1v) is 6.96. The molecular formula is C13H25NO5. The van der Waals surface area contributed by atoms with Gasteiger partial charge in [-0.3, -0.25) is 9.68 Å². The van der Waals surface area contributed by atoms with Gasteiger partial charge in [0.2, 0.25) is 0 Å². The van der Waals surface area contributed by atoms with Crippen molar-refractivity contribution in [2.45, 2.75) is 58.3 Å². The zero-order chi connectivity index (χ0) is 14.3. The van der Waals surface area contributed by atoms with Crippen LogP contribution in [0, 0.1) is 0 Å². The van der Waals surface area contributed by atoms with E-state index in [4.69, 9.17) is 5.11 Å². The molecule has 0 heterocycles. The molecule has 0 aliphatic heterocycles. The second kappa shape index (κ2) is 13.1. The molecule has 0 radical (unpaired) electrons. The molecule has 0 aromatic heterocycles. The maximum absolute atomic E-state index is 11.1. The topological polar surface area (TPSA) is 84.9 Å². The molecule has 0 fully saturated rings. The quantitative estimate of drug-likeness (QED) is 0.325. The minimum Gasteiger partial charge on any atom is -0.481 e. The van der Waals surface area contributed by atoms with Gasteiger partial charge in [0, 0.05) is 6.54 Å². The smallest absolute Gasteiger partial charge is 0.438 e. The van der Waals surface area contributed by atoms with Crippen LogP contribution in [-0.2, 0) is 14.6 Å². The van der Waals surface area contributed by atoms with Gasteiger partial charge in [0.25, 0.3) is 0 Å². The summed E-state index contributed by atoms with van der Waals surface area (Å²) in [7, 11) is 0. The van der Waals surface area contributed by atoms with E-state index in [1.165, 1.54) is 32.1 Å². The molecule has 0 aromatic carbocycles. The van der Waals surface area contributed by atoms with E-state index >= 15 is 0 Å². The molecule has 0 unspecified atom stereocenters. The van der Waals surface area contributed by atoms with Crippen LogP contribution in [0.2, 0.25) is 0 Å². The van der Waals surface area contributed by atoms with E-state index in [1.54, 1.807) is 0 Å². The van der Waals surface area contributed by atoms with E-state index in [2.05, 4.69) is 22.0 Å². The van der Waals surface area contributed by atoms with E-state index in [-0.39, 0.29) is 13.0 Å². The standard InChI is InChI=1S/C13H25NO5/c1-2-3-4-5-6-7-8-10-14-13(17)19-18-11-9-12(15)16/h2-11H2,1H3,(H,14,17)(H,15,16). The molecule has 0 rings (SSSR count). The first-order chi connectivity index (χ1) is 9.16. The van der Waals surface area contributed by atoms with Crippen LogP contribution in [0.5, 0.6) is 0 Å². The third-order valence-corrected chi connectivity index (χ3v) is 2.58. The molecule has 19 heavy (non-hydrogen) atoms. The second-order valence-corrected chi connectivity index (χ2v) is 4.38. The fraction of sp³-hybridized carbons (Fsp3) is 0.846. The van der Waals surface area contributed by atoms with Crippen molar-refractivity contribution in [3.63, 3.8) is 0 Å². The molecule has 0 spiro atoms. The van der Waals surface area contributed by atoms with E-state index in [9.17, 15) is 9.59 Å². The number of carbonyl (C=O) groups is 2. The monoisotopic (exact) mass is 275 g/mol. The molecule has 6 nitrogen and oxygen atoms in total. The molecule has 0 aliphatic rings. The van der Waals surface area contributed by atoms with Crippen LogP contribution in [0.3, 0.4) is 0 Å². The summed E-state index contributed by atoms with van der Waals surface area (Å²) in [5.41, 5.74) is 0. The van der Waals surface area contributed by atoms with Crippen LogP contribution < -0.4 is 5.32 Å². The van der Waals surface area contributed by atoms with Gasteiger partial charge in [-0.05, 0) is 6.42 Å². The SMILES string of the molecule is CCCCCCCCCNC(=O)OOCCC(=O)O. The van der Waals surface area contributed by atoms with Gasteiger partial charge in [-0.1, -0.05) is 45.4 Å². The molecule has 0 aromatic rings. The molecule has 2 N–H and O–H groups in total. The largest absolute Gasteiger partial charge is 0.481 e. The number of carboxylic acid groups (broad SMARTS) is 1. The first-order valence-electron chi connectivity index (χ1n) is 6.96. The normalized spacial score (nSPS) is 10.2. The summed E-state index contributed by atoms with van der Waals surface area (Å²) < 4.78 is 0. The van der Waals surface area contributed by atoms with Gasteiger partial charge in [0.05, 0.1) is 6.42 Å². The highest BCUT2D eigenvalue weighted by Crippen LogP contribution is 2.06. The third-order valence-electron chi connectivity index (χ3n) is 2.58. The van der Waals surface area contributed by atoms with Gasteiger partial charge in [-0.2, -0.15) is 4.89 Å². The fourth-order valence-corrected chi connectivity index (χ4v) is 1.53. The van der Waals surface area contributed by atoms with Gasteiger partial charge in [-0.15, -0.1) is 0 Å². The molecule has 0 saturated carbocycles. The van der Waals surface area contributed by atoms with Crippen molar-refractivity contribution in [3.8, 4) is 0 Å². The van der Waals surface area contributed by atoms with Crippen molar-refractivity contribution in [2.75, 3.05) is 13.2 Å². The molecule has 0 bridgehead atoms. The highest BCUT2D eigenvalue weighted by atomic mass is 17.2. The minimum absolute atomic E-state index is 0.139. The number of carboxylic acids is 1. The van der Waals surface area contributed by atoms with E-state index in [0.717, 1.165) is 12.8 Å². The summed E-state index contributed by atoms with van der Waals surface area (Å²) in [6, 6.07) is 0. The fourth-order valence-electron chi connectivity index (χ4n) is 1.53. The number of hydrogen-bond donors (Lipinski definition) is 2. The van der Waals surface area contributed by atoms with E-state index in [1.807, 2.05) is 0 Å². The Balaban J connectivity index is 3.18. The molecule has 0 aliphatic carbocycles. The van der Waals surface area contributed by atoms with Gasteiger partial charge < -0.3 is 10.4 Å². The summed E-state index contributed by atoms with van der Waals surface area (Å²) in [5.74, 6) is -0.993. The van der Waals surface area contributed by atoms with Crippen molar-refractivity contribution >= 4 is 12.1 Å². The van der Waals surface area contributed by atoms with Crippen LogP contribution in [0.15, 0.2) is 0 Å². The Morgan fingerprint density at radius 2 is 1.68 bits per heavy atom. The maximum atomic E-state index is 11.1.